The number of nitrogens with one attached hydrogen (secondary N) is 1. The van der Waals surface area contributed by atoms with Gasteiger partial charge in [0.05, 0.1) is 16.1 Å². The van der Waals surface area contributed by atoms with Crippen molar-refractivity contribution in [2.45, 2.75) is 19.9 Å². The fourth-order valence-electron chi connectivity index (χ4n) is 2.81. The van der Waals surface area contributed by atoms with E-state index in [4.69, 9.17) is 28.9 Å². The number of aryl methyl sites for hydroxylation is 1. The molecule has 0 amide bonds. The maximum atomic E-state index is 6.14. The van der Waals surface area contributed by atoms with Crippen LogP contribution in [-0.2, 0) is 0 Å². The van der Waals surface area contributed by atoms with Gasteiger partial charge in [-0.3, -0.25) is 4.90 Å². The number of nitrogens with zero attached hydrogens (tertiary/aromatic N) is 5. The molecule has 0 spiro atoms. The third-order valence-electron chi connectivity index (χ3n) is 4.45. The van der Waals surface area contributed by atoms with Crippen LogP contribution in [0.25, 0.3) is 0 Å². The number of likely N-dealkylation sites (tertiary alicyclic amines) is 1. The first-order valence-corrected chi connectivity index (χ1v) is 9.48. The molecule has 3 rings (SSSR count). The molecule has 0 atom stereocenters. The summed E-state index contributed by atoms with van der Waals surface area (Å²) in [4.78, 5) is 17.3. The van der Waals surface area contributed by atoms with Gasteiger partial charge in [0.25, 0.3) is 5.95 Å². The van der Waals surface area contributed by atoms with Crippen LogP contribution in [0.5, 0.6) is 0 Å². The second-order valence-electron chi connectivity index (χ2n) is 6.52. The molecule has 0 aliphatic carbocycles. The van der Waals surface area contributed by atoms with Crippen molar-refractivity contribution in [2.24, 2.45) is 10.7 Å². The van der Waals surface area contributed by atoms with Crippen LogP contribution >= 0.6 is 23.2 Å². The fraction of sp³-hybridized carbons (Fsp3) is 0.389. The molecule has 144 valence electrons. The second-order valence-corrected chi connectivity index (χ2v) is 7.33. The van der Waals surface area contributed by atoms with Crippen molar-refractivity contribution in [2.75, 3.05) is 36.9 Å². The molecule has 7 nitrogen and oxygen atoms in total. The summed E-state index contributed by atoms with van der Waals surface area (Å²) in [6.45, 7) is 7.16. The number of halogens is 2. The Morgan fingerprint density at radius 1 is 1.30 bits per heavy atom. The van der Waals surface area contributed by atoms with Gasteiger partial charge in [0, 0.05) is 37.6 Å². The highest BCUT2D eigenvalue weighted by Gasteiger charge is 2.25. The molecule has 1 fully saturated rings. The zero-order chi connectivity index (χ0) is 19.6. The summed E-state index contributed by atoms with van der Waals surface area (Å²) in [6.07, 6.45) is 0. The van der Waals surface area contributed by atoms with Crippen LogP contribution in [0, 0.1) is 6.92 Å². The molecule has 0 unspecified atom stereocenters. The van der Waals surface area contributed by atoms with Crippen LogP contribution in [0.4, 0.5) is 17.5 Å². The Balaban J connectivity index is 1.75. The van der Waals surface area contributed by atoms with Crippen LogP contribution in [0.3, 0.4) is 0 Å². The van der Waals surface area contributed by atoms with Crippen LogP contribution in [-0.4, -0.2) is 53.6 Å². The van der Waals surface area contributed by atoms with E-state index in [9.17, 15) is 0 Å². The van der Waals surface area contributed by atoms with Crippen molar-refractivity contribution >= 4 is 46.6 Å². The van der Waals surface area contributed by atoms with E-state index in [2.05, 4.69) is 32.1 Å². The molecule has 1 aromatic carbocycles. The number of anilines is 2. The summed E-state index contributed by atoms with van der Waals surface area (Å²) in [5, 5.41) is 4.36. The zero-order valence-corrected chi connectivity index (χ0v) is 17.1. The molecule has 1 aliphatic heterocycles. The third-order valence-corrected chi connectivity index (χ3v) is 5.19. The fourth-order valence-corrected chi connectivity index (χ4v) is 3.10. The van der Waals surface area contributed by atoms with Gasteiger partial charge in [-0.1, -0.05) is 30.1 Å². The number of hydrogen-bond acceptors (Lipinski definition) is 5. The summed E-state index contributed by atoms with van der Waals surface area (Å²) in [6, 6.07) is 7.56. The lowest BCUT2D eigenvalue weighted by Crippen LogP contribution is -2.54. The number of guanidine groups is 1. The lowest BCUT2D eigenvalue weighted by molar-refractivity contribution is 0.171. The Morgan fingerprint density at radius 3 is 2.70 bits per heavy atom. The molecular weight excluding hydrogens is 385 g/mol. The van der Waals surface area contributed by atoms with Gasteiger partial charge in [-0.05, 0) is 31.7 Å². The van der Waals surface area contributed by atoms with Crippen LogP contribution in [0.1, 0.15) is 12.6 Å². The molecule has 9 heteroatoms. The van der Waals surface area contributed by atoms with Crippen molar-refractivity contribution in [1.82, 2.24) is 14.9 Å². The average molecular weight is 408 g/mol. The van der Waals surface area contributed by atoms with E-state index in [-0.39, 0.29) is 5.96 Å². The van der Waals surface area contributed by atoms with Gasteiger partial charge in [0.1, 0.15) is 5.82 Å². The molecule has 0 saturated carbocycles. The topological polar surface area (TPSA) is 82.7 Å². The summed E-state index contributed by atoms with van der Waals surface area (Å²) in [7, 11) is 1.79. The monoisotopic (exact) mass is 407 g/mol. The average Bonchev–Trinajstić information content (AvgIpc) is 2.59. The number of aromatic nitrogens is 2. The number of likely N-dealkylation sites (N-methyl/N-ethyl adjacent to an activating group) is 1. The maximum absolute atomic E-state index is 6.14. The Hall–Kier alpha value is -2.09. The van der Waals surface area contributed by atoms with Gasteiger partial charge in [-0.15, -0.1) is 0 Å². The van der Waals surface area contributed by atoms with Gasteiger partial charge in [0.15, 0.2) is 0 Å². The van der Waals surface area contributed by atoms with Crippen LogP contribution in [0.2, 0.25) is 10.0 Å². The van der Waals surface area contributed by atoms with Crippen molar-refractivity contribution in [1.29, 1.82) is 0 Å². The van der Waals surface area contributed by atoms with E-state index in [1.165, 1.54) is 0 Å². The number of rotatable bonds is 5. The van der Waals surface area contributed by atoms with E-state index in [0.717, 1.165) is 36.8 Å². The molecule has 27 heavy (non-hydrogen) atoms. The summed E-state index contributed by atoms with van der Waals surface area (Å²) >= 11 is 12.0. The molecule has 1 aliphatic rings. The summed E-state index contributed by atoms with van der Waals surface area (Å²) in [5.41, 5.74) is 7.73. The highest BCUT2D eigenvalue weighted by molar-refractivity contribution is 6.42. The highest BCUT2D eigenvalue weighted by Crippen LogP contribution is 2.27. The predicted octanol–water partition coefficient (Wildman–Crippen LogP) is 3.29. The first kappa shape index (κ1) is 19.7. The molecule has 3 N–H and O–H groups in total. The zero-order valence-electron chi connectivity index (χ0n) is 15.6. The van der Waals surface area contributed by atoms with Gasteiger partial charge in [-0.2, -0.15) is 9.98 Å². The lowest BCUT2D eigenvalue weighted by Gasteiger charge is -2.39. The lowest BCUT2D eigenvalue weighted by atomic mass is 10.1. The van der Waals surface area contributed by atoms with Crippen molar-refractivity contribution in [3.8, 4) is 0 Å². The minimum Gasteiger partial charge on any atom is -0.369 e. The molecule has 0 bridgehead atoms. The van der Waals surface area contributed by atoms with Crippen LogP contribution in [0.15, 0.2) is 29.3 Å². The number of benzene rings is 1. The second kappa shape index (κ2) is 8.29. The Kier molecular flexibility index (Phi) is 6.04. The molecular formula is C18H23Cl2N7. The third kappa shape index (κ3) is 4.80. The normalized spacial score (nSPS) is 15.5. The number of aliphatic imine (C=N–C) groups is 1. The van der Waals surface area contributed by atoms with Gasteiger partial charge >= 0.3 is 0 Å². The molecule has 2 heterocycles. The maximum Gasteiger partial charge on any atom is 0.254 e. The smallest absolute Gasteiger partial charge is 0.254 e. The van der Waals surface area contributed by atoms with E-state index in [1.807, 2.05) is 19.1 Å². The molecule has 2 aromatic rings. The summed E-state index contributed by atoms with van der Waals surface area (Å²) in [5.74, 6) is 1.33. The van der Waals surface area contributed by atoms with E-state index in [0.29, 0.717) is 22.0 Å². The van der Waals surface area contributed by atoms with Gasteiger partial charge < -0.3 is 16.0 Å². The largest absolute Gasteiger partial charge is 0.369 e. The SMILES string of the molecule is CCN1CC(Nc2cc(C)nc(/N=C(\N)N(C)c3ccc(Cl)c(Cl)c3)n2)C1. The first-order chi connectivity index (χ1) is 12.9. The van der Waals surface area contributed by atoms with Crippen molar-refractivity contribution in [3.63, 3.8) is 0 Å². The standard InChI is InChI=1S/C18H23Cl2N7/c1-4-27-9-12(10-27)23-16-7-11(2)22-18(24-16)25-17(21)26(3)13-5-6-14(19)15(20)8-13/h5-8,12H,4,9-10H2,1-3H3,(H3,21,22,23,24,25). The van der Waals surface area contributed by atoms with E-state index < -0.39 is 0 Å². The molecule has 0 radical (unpaired) electrons. The Morgan fingerprint density at radius 2 is 2.04 bits per heavy atom. The Labute approximate surface area is 169 Å². The van der Waals surface area contributed by atoms with Crippen molar-refractivity contribution in [3.05, 3.63) is 40.0 Å². The minimum atomic E-state index is 0.255. The molecule has 1 saturated heterocycles. The number of hydrogen-bond donors (Lipinski definition) is 2. The highest BCUT2D eigenvalue weighted by atomic mass is 35.5. The minimum absolute atomic E-state index is 0.255. The molecule has 1 aromatic heterocycles. The number of nitrogens with two attached hydrogens (primary N) is 1. The van der Waals surface area contributed by atoms with E-state index >= 15 is 0 Å². The van der Waals surface area contributed by atoms with Crippen molar-refractivity contribution < 1.29 is 0 Å². The van der Waals surface area contributed by atoms with Gasteiger partial charge in [0.2, 0.25) is 5.96 Å². The quantitative estimate of drug-likeness (QED) is 0.584. The first-order valence-electron chi connectivity index (χ1n) is 8.73. The summed E-state index contributed by atoms with van der Waals surface area (Å²) < 4.78 is 0. The van der Waals surface area contributed by atoms with Gasteiger partial charge in [-0.25, -0.2) is 4.98 Å². The van der Waals surface area contributed by atoms with E-state index in [1.54, 1.807) is 24.1 Å². The predicted molar refractivity (Wildman–Crippen MR) is 112 cm³/mol. The van der Waals surface area contributed by atoms with Crippen LogP contribution < -0.4 is 16.0 Å². The Bertz CT molecular complexity index is 850.